The third-order valence-corrected chi connectivity index (χ3v) is 4.58. The van der Waals surface area contributed by atoms with E-state index in [1.165, 1.54) is 6.08 Å². The van der Waals surface area contributed by atoms with E-state index in [1.807, 2.05) is 48.5 Å². The molecule has 2 aromatic carbocycles. The second-order valence-corrected chi connectivity index (χ2v) is 6.27. The Balaban J connectivity index is 1.53. The molecule has 0 radical (unpaired) electrons. The maximum atomic E-state index is 11.9. The van der Waals surface area contributed by atoms with Crippen molar-refractivity contribution in [2.24, 2.45) is 0 Å². The third kappa shape index (κ3) is 4.00. The number of benzene rings is 2. The lowest BCUT2D eigenvalue weighted by molar-refractivity contribution is -0.116. The van der Waals surface area contributed by atoms with Gasteiger partial charge in [0.05, 0.1) is 17.3 Å². The summed E-state index contributed by atoms with van der Waals surface area (Å²) in [5.74, 6) is 0.723. The molecule has 3 rings (SSSR count). The van der Waals surface area contributed by atoms with Crippen LogP contribution in [0.3, 0.4) is 0 Å². The molecule has 0 atom stereocenters. The standard InChI is InChI=1S/C19H18N2O2S/c1-23-16-8-4-2-6-14(16)12-13-20-18(22)10-11-19-21-15-7-3-5-9-17(15)24-19/h2-11H,12-13H2,1H3,(H,20,22)/b11-10+. The molecule has 4 nitrogen and oxygen atoms in total. The molecule has 0 fully saturated rings. The van der Waals surface area contributed by atoms with Crippen LogP contribution in [0.5, 0.6) is 5.75 Å². The lowest BCUT2D eigenvalue weighted by Crippen LogP contribution is -2.23. The van der Waals surface area contributed by atoms with Crippen molar-refractivity contribution in [2.75, 3.05) is 13.7 Å². The van der Waals surface area contributed by atoms with Crippen LogP contribution < -0.4 is 10.1 Å². The Morgan fingerprint density at radius 1 is 1.21 bits per heavy atom. The summed E-state index contributed by atoms with van der Waals surface area (Å²) < 4.78 is 6.42. The van der Waals surface area contributed by atoms with Gasteiger partial charge in [0.1, 0.15) is 10.8 Å². The highest BCUT2D eigenvalue weighted by Gasteiger charge is 2.03. The summed E-state index contributed by atoms with van der Waals surface area (Å²) in [5.41, 5.74) is 2.04. The number of nitrogens with one attached hydrogen (secondary N) is 1. The second-order valence-electron chi connectivity index (χ2n) is 5.21. The summed E-state index contributed by atoms with van der Waals surface area (Å²) in [6.07, 6.45) is 4.01. The van der Waals surface area contributed by atoms with Crippen molar-refractivity contribution < 1.29 is 9.53 Å². The minimum absolute atomic E-state index is 0.121. The van der Waals surface area contributed by atoms with E-state index < -0.39 is 0 Å². The van der Waals surface area contributed by atoms with Crippen molar-refractivity contribution in [3.05, 3.63) is 65.2 Å². The summed E-state index contributed by atoms with van der Waals surface area (Å²) in [5, 5.41) is 3.71. The number of hydrogen-bond donors (Lipinski definition) is 1. The smallest absolute Gasteiger partial charge is 0.244 e. The van der Waals surface area contributed by atoms with Crippen molar-refractivity contribution in [1.82, 2.24) is 10.3 Å². The minimum atomic E-state index is -0.121. The van der Waals surface area contributed by atoms with Crippen LogP contribution >= 0.6 is 11.3 Å². The first-order valence-electron chi connectivity index (χ1n) is 7.69. The van der Waals surface area contributed by atoms with E-state index in [0.29, 0.717) is 6.54 Å². The number of para-hydroxylation sites is 2. The second kappa shape index (κ2) is 7.75. The van der Waals surface area contributed by atoms with Gasteiger partial charge in [0, 0.05) is 12.6 Å². The van der Waals surface area contributed by atoms with Gasteiger partial charge in [-0.1, -0.05) is 30.3 Å². The van der Waals surface area contributed by atoms with E-state index in [2.05, 4.69) is 10.3 Å². The zero-order valence-corrected chi connectivity index (χ0v) is 14.2. The molecule has 0 saturated heterocycles. The van der Waals surface area contributed by atoms with Crippen LogP contribution in [0.4, 0.5) is 0 Å². The summed E-state index contributed by atoms with van der Waals surface area (Å²) in [7, 11) is 1.65. The summed E-state index contributed by atoms with van der Waals surface area (Å²) in [6, 6.07) is 15.8. The van der Waals surface area contributed by atoms with E-state index in [9.17, 15) is 4.79 Å². The quantitative estimate of drug-likeness (QED) is 0.698. The molecule has 0 spiro atoms. The fourth-order valence-corrected chi connectivity index (χ4v) is 3.27. The molecule has 122 valence electrons. The molecule has 0 saturated carbocycles. The molecule has 1 heterocycles. The number of nitrogens with zero attached hydrogens (tertiary/aromatic N) is 1. The first-order valence-corrected chi connectivity index (χ1v) is 8.51. The number of ether oxygens (including phenoxy) is 1. The number of amides is 1. The van der Waals surface area contributed by atoms with E-state index in [-0.39, 0.29) is 5.91 Å². The number of fused-ring (bicyclic) bond motifs is 1. The van der Waals surface area contributed by atoms with Crippen molar-refractivity contribution in [3.63, 3.8) is 0 Å². The Morgan fingerprint density at radius 3 is 2.83 bits per heavy atom. The topological polar surface area (TPSA) is 51.2 Å². The number of aromatic nitrogens is 1. The van der Waals surface area contributed by atoms with Crippen LogP contribution in [0.2, 0.25) is 0 Å². The Morgan fingerprint density at radius 2 is 2.00 bits per heavy atom. The summed E-state index contributed by atoms with van der Waals surface area (Å²) >= 11 is 1.57. The maximum Gasteiger partial charge on any atom is 0.244 e. The highest BCUT2D eigenvalue weighted by Crippen LogP contribution is 2.22. The third-order valence-electron chi connectivity index (χ3n) is 3.57. The molecule has 3 aromatic rings. The van der Waals surface area contributed by atoms with Crippen LogP contribution in [0, 0.1) is 0 Å². The van der Waals surface area contributed by atoms with Gasteiger partial charge in [-0.3, -0.25) is 4.79 Å². The van der Waals surface area contributed by atoms with E-state index in [4.69, 9.17) is 4.74 Å². The number of thiazole rings is 1. The molecular weight excluding hydrogens is 320 g/mol. The molecule has 24 heavy (non-hydrogen) atoms. The molecule has 0 aliphatic heterocycles. The van der Waals surface area contributed by atoms with Crippen LogP contribution in [0.1, 0.15) is 10.6 Å². The lowest BCUT2D eigenvalue weighted by Gasteiger charge is -2.08. The summed E-state index contributed by atoms with van der Waals surface area (Å²) in [6.45, 7) is 0.559. The zero-order chi connectivity index (χ0) is 16.8. The van der Waals surface area contributed by atoms with Gasteiger partial charge in [0.15, 0.2) is 0 Å². The highest BCUT2D eigenvalue weighted by molar-refractivity contribution is 7.19. The monoisotopic (exact) mass is 338 g/mol. The molecular formula is C19H18N2O2S. The van der Waals surface area contributed by atoms with E-state index >= 15 is 0 Å². The predicted molar refractivity (Wildman–Crippen MR) is 98.4 cm³/mol. The SMILES string of the molecule is COc1ccccc1CCNC(=O)/C=C/c1nc2ccccc2s1. The molecule has 1 N–H and O–H groups in total. The van der Waals surface area contributed by atoms with Crippen molar-refractivity contribution in [3.8, 4) is 5.75 Å². The van der Waals surface area contributed by atoms with E-state index in [1.54, 1.807) is 24.5 Å². The van der Waals surface area contributed by atoms with Crippen molar-refractivity contribution in [2.45, 2.75) is 6.42 Å². The minimum Gasteiger partial charge on any atom is -0.496 e. The van der Waals surface area contributed by atoms with Crippen LogP contribution in [-0.4, -0.2) is 24.5 Å². The number of methoxy groups -OCH3 is 1. The molecule has 0 aliphatic rings. The van der Waals surface area contributed by atoms with Gasteiger partial charge in [0.25, 0.3) is 0 Å². The average molecular weight is 338 g/mol. The first-order chi connectivity index (χ1) is 11.8. The van der Waals surface area contributed by atoms with Gasteiger partial charge in [-0.15, -0.1) is 11.3 Å². The number of carbonyl (C=O) groups is 1. The Hall–Kier alpha value is -2.66. The molecule has 1 aromatic heterocycles. The van der Waals surface area contributed by atoms with Gasteiger partial charge in [-0.05, 0) is 36.3 Å². The largest absolute Gasteiger partial charge is 0.496 e. The van der Waals surface area contributed by atoms with Gasteiger partial charge < -0.3 is 10.1 Å². The van der Waals surface area contributed by atoms with Crippen molar-refractivity contribution >= 4 is 33.5 Å². The fourth-order valence-electron chi connectivity index (χ4n) is 2.40. The lowest BCUT2D eigenvalue weighted by atomic mass is 10.1. The molecule has 0 bridgehead atoms. The number of rotatable bonds is 6. The zero-order valence-electron chi connectivity index (χ0n) is 13.4. The molecule has 1 amide bonds. The number of hydrogen-bond acceptors (Lipinski definition) is 4. The molecule has 5 heteroatoms. The highest BCUT2D eigenvalue weighted by atomic mass is 32.1. The number of carbonyl (C=O) groups excluding carboxylic acids is 1. The Labute approximate surface area is 144 Å². The van der Waals surface area contributed by atoms with Crippen LogP contribution in [0.25, 0.3) is 16.3 Å². The van der Waals surface area contributed by atoms with Gasteiger partial charge in [0.2, 0.25) is 5.91 Å². The van der Waals surface area contributed by atoms with Crippen molar-refractivity contribution in [1.29, 1.82) is 0 Å². The average Bonchev–Trinajstić information content (AvgIpc) is 3.03. The van der Waals surface area contributed by atoms with Crippen LogP contribution in [-0.2, 0) is 11.2 Å². The maximum absolute atomic E-state index is 11.9. The van der Waals surface area contributed by atoms with E-state index in [0.717, 1.165) is 33.0 Å². The van der Waals surface area contributed by atoms with Gasteiger partial charge in [-0.2, -0.15) is 0 Å². The van der Waals surface area contributed by atoms with Gasteiger partial charge in [-0.25, -0.2) is 4.98 Å². The fraction of sp³-hybridized carbons (Fsp3) is 0.158. The molecule has 0 unspecified atom stereocenters. The van der Waals surface area contributed by atoms with Crippen LogP contribution in [0.15, 0.2) is 54.6 Å². The predicted octanol–water partition coefficient (Wildman–Crippen LogP) is 3.68. The summed E-state index contributed by atoms with van der Waals surface area (Å²) in [4.78, 5) is 16.4. The molecule has 0 aliphatic carbocycles. The first kappa shape index (κ1) is 16.2. The Bertz CT molecular complexity index is 837. The van der Waals surface area contributed by atoms with Gasteiger partial charge >= 0.3 is 0 Å². The Kier molecular flexibility index (Phi) is 5.23. The normalized spacial score (nSPS) is 11.0.